The van der Waals surface area contributed by atoms with Crippen molar-refractivity contribution < 1.29 is 4.79 Å². The van der Waals surface area contributed by atoms with Gasteiger partial charge in [0, 0.05) is 31.0 Å². The van der Waals surface area contributed by atoms with Crippen LogP contribution in [0.5, 0.6) is 0 Å². The largest absolute Gasteiger partial charge is 0.352 e. The van der Waals surface area contributed by atoms with Gasteiger partial charge in [0.1, 0.15) is 0 Å². The molecule has 0 spiro atoms. The Labute approximate surface area is 113 Å². The number of aromatic nitrogens is 2. The van der Waals surface area contributed by atoms with E-state index >= 15 is 0 Å². The van der Waals surface area contributed by atoms with E-state index in [0.717, 1.165) is 29.7 Å². The van der Waals surface area contributed by atoms with E-state index in [2.05, 4.69) is 10.4 Å². The lowest BCUT2D eigenvalue weighted by Crippen LogP contribution is -2.26. The van der Waals surface area contributed by atoms with Gasteiger partial charge in [0.2, 0.25) is 0 Å². The molecular formula is C15H19N3O. The van der Waals surface area contributed by atoms with Crippen molar-refractivity contribution in [2.24, 2.45) is 0 Å². The third kappa shape index (κ3) is 3.44. The third-order valence-corrected chi connectivity index (χ3v) is 3.26. The fourth-order valence-corrected chi connectivity index (χ4v) is 1.97. The van der Waals surface area contributed by atoms with Gasteiger partial charge in [0.05, 0.1) is 0 Å². The van der Waals surface area contributed by atoms with Crippen molar-refractivity contribution in [1.82, 2.24) is 15.1 Å². The van der Waals surface area contributed by atoms with Crippen LogP contribution >= 0.6 is 0 Å². The molecule has 0 aliphatic rings. The molecule has 4 nitrogen and oxygen atoms in total. The number of rotatable bonds is 5. The molecule has 4 heteroatoms. The predicted octanol–water partition coefficient (Wildman–Crippen LogP) is 2.32. The lowest BCUT2D eigenvalue weighted by Gasteiger charge is -2.09. The Kier molecular flexibility index (Phi) is 4.34. The molecular weight excluding hydrogens is 238 g/mol. The second kappa shape index (κ2) is 6.18. The van der Waals surface area contributed by atoms with Gasteiger partial charge >= 0.3 is 0 Å². The summed E-state index contributed by atoms with van der Waals surface area (Å²) in [5.74, 6) is 0.00154. The number of nitrogens with one attached hydrogen (secondary N) is 1. The summed E-state index contributed by atoms with van der Waals surface area (Å²) in [6, 6.07) is 7.70. The quantitative estimate of drug-likeness (QED) is 0.836. The number of hydrogen-bond donors (Lipinski definition) is 1. The highest BCUT2D eigenvalue weighted by molar-refractivity contribution is 5.95. The Morgan fingerprint density at radius 1 is 1.32 bits per heavy atom. The summed E-state index contributed by atoms with van der Waals surface area (Å²) in [5, 5.41) is 7.07. The zero-order chi connectivity index (χ0) is 13.7. The summed E-state index contributed by atoms with van der Waals surface area (Å²) in [6.07, 6.45) is 4.56. The molecule has 0 radical (unpaired) electrons. The molecule has 2 rings (SSSR count). The number of benzene rings is 1. The Hall–Kier alpha value is -2.10. The summed E-state index contributed by atoms with van der Waals surface area (Å²) in [4.78, 5) is 12.0. The van der Waals surface area contributed by atoms with E-state index in [9.17, 15) is 4.79 Å². The fraction of sp³-hybridized carbons (Fsp3) is 0.333. The van der Waals surface area contributed by atoms with E-state index in [4.69, 9.17) is 0 Å². The summed E-state index contributed by atoms with van der Waals surface area (Å²) in [7, 11) is 0. The highest BCUT2D eigenvalue weighted by Gasteiger charge is 2.08. The molecule has 2 aromatic rings. The van der Waals surface area contributed by atoms with Crippen LogP contribution in [0.15, 0.2) is 36.7 Å². The van der Waals surface area contributed by atoms with Crippen LogP contribution in [0.25, 0.3) is 0 Å². The zero-order valence-corrected chi connectivity index (χ0v) is 11.4. The zero-order valence-electron chi connectivity index (χ0n) is 11.4. The standard InChI is InChI=1S/C15H19N3O/c1-12-6-3-7-14(13(12)2)15(19)16-8-4-10-18-11-5-9-17-18/h3,5-7,9,11H,4,8,10H2,1-2H3,(H,16,19). The lowest BCUT2D eigenvalue weighted by molar-refractivity contribution is 0.0952. The molecule has 0 saturated carbocycles. The van der Waals surface area contributed by atoms with Crippen molar-refractivity contribution >= 4 is 5.91 Å². The molecule has 0 saturated heterocycles. The van der Waals surface area contributed by atoms with Crippen LogP contribution in [0.1, 0.15) is 27.9 Å². The first-order valence-corrected chi connectivity index (χ1v) is 6.50. The smallest absolute Gasteiger partial charge is 0.251 e. The molecule has 1 aromatic carbocycles. The van der Waals surface area contributed by atoms with E-state index in [1.165, 1.54) is 0 Å². The molecule has 0 atom stereocenters. The van der Waals surface area contributed by atoms with E-state index in [1.54, 1.807) is 6.20 Å². The van der Waals surface area contributed by atoms with E-state index in [0.29, 0.717) is 6.54 Å². The number of nitrogens with zero attached hydrogens (tertiary/aromatic N) is 2. The minimum atomic E-state index is 0.00154. The van der Waals surface area contributed by atoms with Crippen molar-refractivity contribution in [3.05, 3.63) is 53.3 Å². The summed E-state index contributed by atoms with van der Waals surface area (Å²) < 4.78 is 1.87. The number of aryl methyl sites for hydroxylation is 2. The van der Waals surface area contributed by atoms with Crippen LogP contribution in [-0.2, 0) is 6.54 Å². The molecule has 1 heterocycles. The van der Waals surface area contributed by atoms with Gasteiger partial charge < -0.3 is 5.32 Å². The van der Waals surface area contributed by atoms with Crippen molar-refractivity contribution in [3.8, 4) is 0 Å². The van der Waals surface area contributed by atoms with Crippen LogP contribution in [0.2, 0.25) is 0 Å². The molecule has 19 heavy (non-hydrogen) atoms. The van der Waals surface area contributed by atoms with E-state index < -0.39 is 0 Å². The van der Waals surface area contributed by atoms with Gasteiger partial charge in [-0.1, -0.05) is 12.1 Å². The highest BCUT2D eigenvalue weighted by Crippen LogP contribution is 2.12. The number of hydrogen-bond acceptors (Lipinski definition) is 2. The molecule has 0 aliphatic heterocycles. The van der Waals surface area contributed by atoms with Crippen LogP contribution < -0.4 is 5.32 Å². The molecule has 0 fully saturated rings. The van der Waals surface area contributed by atoms with Gasteiger partial charge in [-0.2, -0.15) is 5.10 Å². The second-order valence-corrected chi connectivity index (χ2v) is 4.63. The average Bonchev–Trinajstić information content (AvgIpc) is 2.91. The first-order valence-electron chi connectivity index (χ1n) is 6.50. The summed E-state index contributed by atoms with van der Waals surface area (Å²) in [5.41, 5.74) is 2.95. The number of amides is 1. The molecule has 100 valence electrons. The van der Waals surface area contributed by atoms with Crippen LogP contribution in [0.4, 0.5) is 0 Å². The fourth-order valence-electron chi connectivity index (χ4n) is 1.97. The number of carbonyl (C=O) groups excluding carboxylic acids is 1. The van der Waals surface area contributed by atoms with E-state index in [-0.39, 0.29) is 5.91 Å². The monoisotopic (exact) mass is 257 g/mol. The normalized spacial score (nSPS) is 10.4. The van der Waals surface area contributed by atoms with E-state index in [1.807, 2.05) is 49.0 Å². The van der Waals surface area contributed by atoms with Crippen LogP contribution in [0.3, 0.4) is 0 Å². The van der Waals surface area contributed by atoms with Gasteiger partial charge in [-0.25, -0.2) is 0 Å². The minimum absolute atomic E-state index is 0.00154. The van der Waals surface area contributed by atoms with Crippen molar-refractivity contribution in [1.29, 1.82) is 0 Å². The highest BCUT2D eigenvalue weighted by atomic mass is 16.1. The first kappa shape index (κ1) is 13.3. The maximum absolute atomic E-state index is 12.0. The van der Waals surface area contributed by atoms with Crippen molar-refractivity contribution in [2.45, 2.75) is 26.8 Å². The Bertz CT molecular complexity index is 547. The summed E-state index contributed by atoms with van der Waals surface area (Å²) >= 11 is 0. The maximum atomic E-state index is 12.0. The van der Waals surface area contributed by atoms with Crippen LogP contribution in [0, 0.1) is 13.8 Å². The Balaban J connectivity index is 1.83. The van der Waals surface area contributed by atoms with Crippen molar-refractivity contribution in [2.75, 3.05) is 6.54 Å². The SMILES string of the molecule is Cc1cccc(C(=O)NCCCn2cccn2)c1C. The minimum Gasteiger partial charge on any atom is -0.352 e. The first-order chi connectivity index (χ1) is 9.18. The van der Waals surface area contributed by atoms with Gasteiger partial charge in [-0.15, -0.1) is 0 Å². The van der Waals surface area contributed by atoms with Crippen LogP contribution in [-0.4, -0.2) is 22.2 Å². The van der Waals surface area contributed by atoms with Gasteiger partial charge in [0.15, 0.2) is 0 Å². The molecule has 1 amide bonds. The van der Waals surface area contributed by atoms with Gasteiger partial charge in [-0.05, 0) is 43.5 Å². The number of carbonyl (C=O) groups is 1. The molecule has 1 aromatic heterocycles. The van der Waals surface area contributed by atoms with Gasteiger partial charge in [-0.3, -0.25) is 9.48 Å². The lowest BCUT2D eigenvalue weighted by atomic mass is 10.0. The topological polar surface area (TPSA) is 46.9 Å². The second-order valence-electron chi connectivity index (χ2n) is 4.63. The van der Waals surface area contributed by atoms with Crippen molar-refractivity contribution in [3.63, 3.8) is 0 Å². The third-order valence-electron chi connectivity index (χ3n) is 3.26. The predicted molar refractivity (Wildman–Crippen MR) is 75.1 cm³/mol. The molecule has 0 unspecified atom stereocenters. The molecule has 0 aliphatic carbocycles. The van der Waals surface area contributed by atoms with Gasteiger partial charge in [0.25, 0.3) is 5.91 Å². The Morgan fingerprint density at radius 2 is 2.16 bits per heavy atom. The summed E-state index contributed by atoms with van der Waals surface area (Å²) in [6.45, 7) is 5.48. The molecule has 1 N–H and O–H groups in total. The molecule has 0 bridgehead atoms. The maximum Gasteiger partial charge on any atom is 0.251 e. The average molecular weight is 257 g/mol. The Morgan fingerprint density at radius 3 is 2.89 bits per heavy atom.